The van der Waals surface area contributed by atoms with Crippen LogP contribution in [0.15, 0.2) is 41.4 Å². The zero-order chi connectivity index (χ0) is 18.1. The maximum atomic E-state index is 12.5. The number of nitrogens with zero attached hydrogens (tertiary/aromatic N) is 3. The van der Waals surface area contributed by atoms with Crippen LogP contribution in [0.5, 0.6) is 0 Å². The van der Waals surface area contributed by atoms with Crippen molar-refractivity contribution in [3.8, 4) is 0 Å². The number of thiazole rings is 1. The van der Waals surface area contributed by atoms with Gasteiger partial charge in [-0.1, -0.05) is 17.4 Å². The van der Waals surface area contributed by atoms with E-state index < -0.39 is 4.92 Å². The summed E-state index contributed by atoms with van der Waals surface area (Å²) in [5.74, 6) is -0.314. The predicted octanol–water partition coefficient (Wildman–Crippen LogP) is 3.99. The molecule has 3 rings (SSSR count). The largest absolute Gasteiger partial charge is 0.317 e. The Morgan fingerprint density at radius 3 is 2.60 bits per heavy atom. The van der Waals surface area contributed by atoms with Gasteiger partial charge in [0.25, 0.3) is 11.6 Å². The molecule has 0 atom stereocenters. The lowest BCUT2D eigenvalue weighted by atomic mass is 10.1. The van der Waals surface area contributed by atoms with Crippen molar-refractivity contribution in [3.05, 3.63) is 68.0 Å². The molecule has 2 aromatic carbocycles. The summed E-state index contributed by atoms with van der Waals surface area (Å²) in [5, 5.41) is 11.0. The molecule has 0 spiro atoms. The molecular weight excluding hydrogens is 338 g/mol. The molecule has 0 aliphatic carbocycles. The van der Waals surface area contributed by atoms with Crippen molar-refractivity contribution in [2.45, 2.75) is 27.3 Å². The number of aromatic nitrogens is 1. The lowest BCUT2D eigenvalue weighted by molar-refractivity contribution is -0.384. The van der Waals surface area contributed by atoms with Gasteiger partial charge in [0.05, 0.1) is 15.1 Å². The number of nitro benzene ring substituents is 1. The molecule has 7 heteroatoms. The molecule has 0 unspecified atom stereocenters. The molecule has 25 heavy (non-hydrogen) atoms. The fraction of sp³-hybridized carbons (Fsp3) is 0.222. The summed E-state index contributed by atoms with van der Waals surface area (Å²) in [7, 11) is 0. The van der Waals surface area contributed by atoms with Gasteiger partial charge >= 0.3 is 0 Å². The van der Waals surface area contributed by atoms with Crippen LogP contribution in [0.3, 0.4) is 0 Å². The normalized spacial score (nSPS) is 11.9. The maximum Gasteiger partial charge on any atom is 0.279 e. The van der Waals surface area contributed by atoms with Crippen molar-refractivity contribution in [1.29, 1.82) is 0 Å². The van der Waals surface area contributed by atoms with Crippen molar-refractivity contribution in [1.82, 2.24) is 4.57 Å². The molecule has 0 saturated heterocycles. The number of amides is 1. The summed E-state index contributed by atoms with van der Waals surface area (Å²) in [5.41, 5.74) is 3.56. The predicted molar refractivity (Wildman–Crippen MR) is 98.0 cm³/mol. The van der Waals surface area contributed by atoms with Gasteiger partial charge in [-0.25, -0.2) is 0 Å². The maximum absolute atomic E-state index is 12.5. The number of fused-ring (bicyclic) bond motifs is 1. The van der Waals surface area contributed by atoms with Crippen LogP contribution in [0.25, 0.3) is 10.2 Å². The highest BCUT2D eigenvalue weighted by Gasteiger charge is 2.12. The van der Waals surface area contributed by atoms with E-state index >= 15 is 0 Å². The second-order valence-corrected chi connectivity index (χ2v) is 6.76. The highest BCUT2D eigenvalue weighted by atomic mass is 32.1. The van der Waals surface area contributed by atoms with Crippen molar-refractivity contribution >= 4 is 33.1 Å². The summed E-state index contributed by atoms with van der Waals surface area (Å²) in [6.07, 6.45) is 0. The number of hydrogen-bond acceptors (Lipinski definition) is 4. The van der Waals surface area contributed by atoms with Crippen molar-refractivity contribution in [2.24, 2.45) is 4.99 Å². The highest BCUT2D eigenvalue weighted by molar-refractivity contribution is 7.16. The minimum Gasteiger partial charge on any atom is -0.317 e. The van der Waals surface area contributed by atoms with Crippen LogP contribution in [0.1, 0.15) is 28.4 Å². The summed E-state index contributed by atoms with van der Waals surface area (Å²) in [4.78, 5) is 27.8. The van der Waals surface area contributed by atoms with Gasteiger partial charge in [-0.3, -0.25) is 14.9 Å². The molecule has 128 valence electrons. The van der Waals surface area contributed by atoms with Crippen LogP contribution in [0.2, 0.25) is 0 Å². The summed E-state index contributed by atoms with van der Waals surface area (Å²) >= 11 is 1.28. The Hall–Kier alpha value is -2.80. The molecular formula is C18H17N3O3S. The number of benzene rings is 2. The lowest BCUT2D eigenvalue weighted by Crippen LogP contribution is -2.15. The van der Waals surface area contributed by atoms with Crippen LogP contribution in [-0.4, -0.2) is 15.4 Å². The first kappa shape index (κ1) is 17.0. The molecule has 1 amide bonds. The Labute approximate surface area is 148 Å². The van der Waals surface area contributed by atoms with Gasteiger partial charge in [-0.05, 0) is 50.1 Å². The van der Waals surface area contributed by atoms with E-state index in [4.69, 9.17) is 0 Å². The third kappa shape index (κ3) is 3.23. The number of non-ortho nitro benzene ring substituents is 1. The van der Waals surface area contributed by atoms with Gasteiger partial charge in [-0.15, -0.1) is 0 Å². The first-order valence-electron chi connectivity index (χ1n) is 7.84. The van der Waals surface area contributed by atoms with Crippen molar-refractivity contribution in [2.75, 3.05) is 0 Å². The average Bonchev–Trinajstić information content (AvgIpc) is 2.93. The topological polar surface area (TPSA) is 77.5 Å². The Kier molecular flexibility index (Phi) is 4.50. The molecule has 0 fully saturated rings. The first-order chi connectivity index (χ1) is 11.9. The van der Waals surface area contributed by atoms with Crippen molar-refractivity contribution in [3.63, 3.8) is 0 Å². The Balaban J connectivity index is 2.12. The zero-order valence-electron chi connectivity index (χ0n) is 14.1. The fourth-order valence-electron chi connectivity index (χ4n) is 2.59. The van der Waals surface area contributed by atoms with E-state index in [-0.39, 0.29) is 11.6 Å². The molecule has 0 aliphatic heterocycles. The van der Waals surface area contributed by atoms with E-state index in [9.17, 15) is 14.9 Å². The first-order valence-corrected chi connectivity index (χ1v) is 8.66. The van der Waals surface area contributed by atoms with Crippen LogP contribution in [0, 0.1) is 24.0 Å². The van der Waals surface area contributed by atoms with Crippen LogP contribution in [0.4, 0.5) is 5.69 Å². The van der Waals surface area contributed by atoms with Gasteiger partial charge in [0.1, 0.15) is 0 Å². The van der Waals surface area contributed by atoms with E-state index in [2.05, 4.69) is 4.99 Å². The van der Waals surface area contributed by atoms with Gasteiger partial charge in [0.2, 0.25) is 0 Å². The number of hydrogen-bond donors (Lipinski definition) is 0. The van der Waals surface area contributed by atoms with Gasteiger partial charge in [0.15, 0.2) is 4.80 Å². The SMILES string of the molecule is CCn1c(=NC(=O)c2ccc(C)c(C)c2)sc2cc([N+](=O)[O-])ccc21. The minimum atomic E-state index is -0.424. The number of carbonyl (C=O) groups excluding carboxylic acids is 1. The smallest absolute Gasteiger partial charge is 0.279 e. The second-order valence-electron chi connectivity index (χ2n) is 5.75. The van der Waals surface area contributed by atoms with E-state index in [0.29, 0.717) is 16.9 Å². The van der Waals surface area contributed by atoms with E-state index in [1.165, 1.54) is 23.5 Å². The van der Waals surface area contributed by atoms with Crippen LogP contribution < -0.4 is 4.80 Å². The quantitative estimate of drug-likeness (QED) is 0.526. The van der Waals surface area contributed by atoms with Gasteiger partial charge in [0, 0.05) is 24.2 Å². The molecule has 0 radical (unpaired) electrons. The second kappa shape index (κ2) is 6.60. The molecule has 3 aromatic rings. The third-order valence-electron chi connectivity index (χ3n) is 4.14. The molecule has 6 nitrogen and oxygen atoms in total. The zero-order valence-corrected chi connectivity index (χ0v) is 15.0. The molecule has 0 aliphatic rings. The Bertz CT molecular complexity index is 1060. The summed E-state index contributed by atoms with van der Waals surface area (Å²) in [6, 6.07) is 10.2. The lowest BCUT2D eigenvalue weighted by Gasteiger charge is -2.02. The molecule has 0 N–H and O–H groups in total. The summed E-state index contributed by atoms with van der Waals surface area (Å²) < 4.78 is 2.63. The summed E-state index contributed by atoms with van der Waals surface area (Å²) in [6.45, 7) is 6.52. The molecule has 0 bridgehead atoms. The van der Waals surface area contributed by atoms with E-state index in [1.807, 2.05) is 37.5 Å². The third-order valence-corrected chi connectivity index (χ3v) is 5.19. The number of nitro groups is 1. The Morgan fingerprint density at radius 2 is 1.96 bits per heavy atom. The number of rotatable bonds is 3. The molecule has 1 heterocycles. The molecule has 0 saturated carbocycles. The monoisotopic (exact) mass is 355 g/mol. The standard InChI is InChI=1S/C18H17N3O3S/c1-4-20-15-8-7-14(21(23)24)10-16(15)25-18(20)19-17(22)13-6-5-11(2)12(3)9-13/h5-10H,4H2,1-3H3. The fourth-order valence-corrected chi connectivity index (χ4v) is 3.72. The van der Waals surface area contributed by atoms with Gasteiger partial charge < -0.3 is 4.57 Å². The van der Waals surface area contributed by atoms with Crippen molar-refractivity contribution < 1.29 is 9.72 Å². The van der Waals surface area contributed by atoms with Crippen LogP contribution >= 0.6 is 11.3 Å². The number of aryl methyl sites for hydroxylation is 3. The Morgan fingerprint density at radius 1 is 1.20 bits per heavy atom. The molecule has 1 aromatic heterocycles. The van der Waals surface area contributed by atoms with Crippen LogP contribution in [-0.2, 0) is 6.54 Å². The van der Waals surface area contributed by atoms with Gasteiger partial charge in [-0.2, -0.15) is 4.99 Å². The van der Waals surface area contributed by atoms with E-state index in [0.717, 1.165) is 21.3 Å². The number of carbonyl (C=O) groups is 1. The highest BCUT2D eigenvalue weighted by Crippen LogP contribution is 2.23. The minimum absolute atomic E-state index is 0.0315. The van der Waals surface area contributed by atoms with E-state index in [1.54, 1.807) is 12.1 Å². The average molecular weight is 355 g/mol.